The summed E-state index contributed by atoms with van der Waals surface area (Å²) in [6.07, 6.45) is -2.27. The summed E-state index contributed by atoms with van der Waals surface area (Å²) in [5.74, 6) is -13.1. The van der Waals surface area contributed by atoms with E-state index in [2.05, 4.69) is 9.47 Å². The van der Waals surface area contributed by atoms with E-state index in [1.54, 1.807) is 7.05 Å². The highest BCUT2D eigenvalue weighted by Gasteiger charge is 2.29. The molecule has 2 aromatic rings. The maximum atomic E-state index is 13.5. The Morgan fingerprint density at radius 2 is 1.26 bits per heavy atom. The van der Waals surface area contributed by atoms with Crippen LogP contribution >= 0.6 is 0 Å². The maximum Gasteiger partial charge on any atom is 0.514 e. The third kappa shape index (κ3) is 7.87. The predicted octanol–water partition coefficient (Wildman–Crippen LogP) is 5.12. The summed E-state index contributed by atoms with van der Waals surface area (Å²) in [7, 11) is 5.29. The molecule has 0 spiro atoms. The first-order valence-electron chi connectivity index (χ1n) is 10.0. The fourth-order valence-corrected chi connectivity index (χ4v) is 2.20. The minimum Gasteiger partial charge on any atom is -0.429 e. The van der Waals surface area contributed by atoms with Crippen molar-refractivity contribution in [3.05, 3.63) is 58.9 Å². The van der Waals surface area contributed by atoms with Gasteiger partial charge in [-0.05, 0) is 31.8 Å². The lowest BCUT2D eigenvalue weighted by Gasteiger charge is -2.19. The second kappa shape index (κ2) is 13.3. The summed E-state index contributed by atoms with van der Waals surface area (Å²) in [5.41, 5.74) is 0.361. The molecule has 0 saturated carbocycles. The second-order valence-electron chi connectivity index (χ2n) is 6.78. The molecular formula is C22H25F5N2O5. The van der Waals surface area contributed by atoms with Crippen LogP contribution in [-0.2, 0) is 11.3 Å². The molecule has 0 heterocycles. The topological polar surface area (TPSA) is 68.3 Å². The molecular weight excluding hydrogens is 467 g/mol. The molecule has 2 aromatic carbocycles. The summed E-state index contributed by atoms with van der Waals surface area (Å²) >= 11 is 0. The molecule has 0 bridgehead atoms. The normalized spacial score (nSPS) is 10.3. The van der Waals surface area contributed by atoms with Gasteiger partial charge >= 0.3 is 12.2 Å². The number of nitrogens with zero attached hydrogens (tertiary/aromatic N) is 2. The first-order valence-corrected chi connectivity index (χ1v) is 10.0. The van der Waals surface area contributed by atoms with Crippen LogP contribution in [0.4, 0.5) is 31.5 Å². The molecule has 0 aliphatic rings. The molecule has 0 unspecified atom stereocenters. The molecule has 188 valence electrons. The number of carbonyl (C=O) groups is 2. The van der Waals surface area contributed by atoms with Gasteiger partial charge in [0.05, 0.1) is 0 Å². The van der Waals surface area contributed by atoms with Gasteiger partial charge in [-0.25, -0.2) is 22.8 Å². The standard InChI is InChI=1S/C20H19F5N2O5.C2H6/c1-26(2)8-9-27(3)19(28)31-12-6-4-11(5-7-12)10-30-20(29)32-18-16(24)14(22)13(21)15(23)17(18)25;1-2/h4-7H,8-10H2,1-3H3;1-2H3. The number of ether oxygens (including phenoxy) is 3. The lowest BCUT2D eigenvalue weighted by Crippen LogP contribution is -2.35. The Balaban J connectivity index is 0.00000281. The molecule has 0 radical (unpaired) electrons. The van der Waals surface area contributed by atoms with Crippen LogP contribution in [0.25, 0.3) is 0 Å². The summed E-state index contributed by atoms with van der Waals surface area (Å²) in [5, 5.41) is 0. The number of amides is 1. The highest BCUT2D eigenvalue weighted by Crippen LogP contribution is 2.29. The maximum absolute atomic E-state index is 13.5. The van der Waals surface area contributed by atoms with E-state index >= 15 is 0 Å². The van der Waals surface area contributed by atoms with Gasteiger partial charge in [-0.15, -0.1) is 0 Å². The quantitative estimate of drug-likeness (QED) is 0.176. The van der Waals surface area contributed by atoms with Gasteiger partial charge in [0, 0.05) is 20.1 Å². The second-order valence-corrected chi connectivity index (χ2v) is 6.78. The average molecular weight is 492 g/mol. The number of carbonyl (C=O) groups excluding carboxylic acids is 2. The minimum absolute atomic E-state index is 0.208. The third-order valence-electron chi connectivity index (χ3n) is 4.03. The molecule has 0 N–H and O–H groups in total. The molecule has 1 amide bonds. The van der Waals surface area contributed by atoms with E-state index in [1.807, 2.05) is 32.8 Å². The highest BCUT2D eigenvalue weighted by molar-refractivity contribution is 5.70. The Hall–Kier alpha value is -3.41. The Morgan fingerprint density at radius 3 is 1.76 bits per heavy atom. The smallest absolute Gasteiger partial charge is 0.429 e. The molecule has 0 atom stereocenters. The molecule has 2 rings (SSSR count). The number of halogens is 5. The van der Waals surface area contributed by atoms with E-state index in [4.69, 9.17) is 4.74 Å². The van der Waals surface area contributed by atoms with E-state index in [1.165, 1.54) is 29.2 Å². The van der Waals surface area contributed by atoms with Crippen molar-refractivity contribution >= 4 is 12.2 Å². The number of hydrogen-bond donors (Lipinski definition) is 0. The monoisotopic (exact) mass is 492 g/mol. The molecule has 0 aliphatic heterocycles. The summed E-state index contributed by atoms with van der Waals surface area (Å²) in [6, 6.07) is 5.67. The average Bonchev–Trinajstić information content (AvgIpc) is 2.83. The fourth-order valence-electron chi connectivity index (χ4n) is 2.20. The Kier molecular flexibility index (Phi) is 11.2. The fraction of sp³-hybridized carbons (Fsp3) is 0.364. The van der Waals surface area contributed by atoms with Gasteiger partial charge in [-0.3, -0.25) is 0 Å². The third-order valence-corrected chi connectivity index (χ3v) is 4.03. The van der Waals surface area contributed by atoms with Crippen molar-refractivity contribution in [1.82, 2.24) is 9.80 Å². The van der Waals surface area contributed by atoms with Gasteiger partial charge in [-0.2, -0.15) is 8.78 Å². The number of likely N-dealkylation sites (N-methyl/N-ethyl adjacent to an activating group) is 2. The van der Waals surface area contributed by atoms with E-state index < -0.39 is 53.7 Å². The molecule has 7 nitrogen and oxygen atoms in total. The van der Waals surface area contributed by atoms with Crippen molar-refractivity contribution in [1.29, 1.82) is 0 Å². The first kappa shape index (κ1) is 28.6. The SMILES string of the molecule is CC.CN(C)CCN(C)C(=O)Oc1ccc(COC(=O)Oc2c(F)c(F)c(F)c(F)c2F)cc1. The van der Waals surface area contributed by atoms with Crippen molar-refractivity contribution in [3.63, 3.8) is 0 Å². The molecule has 34 heavy (non-hydrogen) atoms. The van der Waals surface area contributed by atoms with E-state index in [0.29, 0.717) is 18.7 Å². The van der Waals surface area contributed by atoms with Crippen molar-refractivity contribution < 1.29 is 45.8 Å². The van der Waals surface area contributed by atoms with Gasteiger partial charge in [0.1, 0.15) is 12.4 Å². The zero-order valence-electron chi connectivity index (χ0n) is 19.3. The molecule has 0 aromatic heterocycles. The van der Waals surface area contributed by atoms with E-state index in [-0.39, 0.29) is 5.75 Å². The molecule has 0 aliphatic carbocycles. The number of hydrogen-bond acceptors (Lipinski definition) is 6. The Morgan fingerprint density at radius 1 is 0.765 bits per heavy atom. The van der Waals surface area contributed by atoms with Gasteiger partial charge in [0.2, 0.25) is 34.8 Å². The van der Waals surface area contributed by atoms with Crippen LogP contribution in [-0.4, -0.2) is 56.3 Å². The van der Waals surface area contributed by atoms with Crippen molar-refractivity contribution in [3.8, 4) is 11.5 Å². The zero-order chi connectivity index (χ0) is 26.0. The number of rotatable bonds is 7. The van der Waals surface area contributed by atoms with Gasteiger partial charge in [0.25, 0.3) is 0 Å². The summed E-state index contributed by atoms with van der Waals surface area (Å²) in [4.78, 5) is 26.9. The van der Waals surface area contributed by atoms with Crippen molar-refractivity contribution in [2.24, 2.45) is 0 Å². The van der Waals surface area contributed by atoms with Gasteiger partial charge in [0.15, 0.2) is 0 Å². The Bertz CT molecular complexity index is 958. The first-order chi connectivity index (χ1) is 16.0. The molecule has 0 fully saturated rings. The Labute approximate surface area is 193 Å². The lowest BCUT2D eigenvalue weighted by molar-refractivity contribution is 0.0887. The van der Waals surface area contributed by atoms with Crippen molar-refractivity contribution in [2.45, 2.75) is 20.5 Å². The highest BCUT2D eigenvalue weighted by atomic mass is 19.2. The van der Waals surface area contributed by atoms with Gasteiger partial charge in [-0.1, -0.05) is 26.0 Å². The molecule has 12 heteroatoms. The van der Waals surface area contributed by atoms with Crippen LogP contribution in [0, 0.1) is 29.1 Å². The molecule has 0 saturated heterocycles. The van der Waals surface area contributed by atoms with Crippen LogP contribution in [0.15, 0.2) is 24.3 Å². The van der Waals surface area contributed by atoms with E-state index in [0.717, 1.165) is 0 Å². The predicted molar refractivity (Wildman–Crippen MR) is 112 cm³/mol. The van der Waals surface area contributed by atoms with Crippen LogP contribution < -0.4 is 9.47 Å². The summed E-state index contributed by atoms with van der Waals surface area (Å²) in [6.45, 7) is 4.64. The summed E-state index contributed by atoms with van der Waals surface area (Å²) < 4.78 is 80.2. The van der Waals surface area contributed by atoms with Crippen LogP contribution in [0.1, 0.15) is 19.4 Å². The zero-order valence-corrected chi connectivity index (χ0v) is 19.3. The largest absolute Gasteiger partial charge is 0.514 e. The van der Waals surface area contributed by atoms with Crippen LogP contribution in [0.5, 0.6) is 11.5 Å². The lowest BCUT2D eigenvalue weighted by atomic mass is 10.2. The van der Waals surface area contributed by atoms with Crippen molar-refractivity contribution in [2.75, 3.05) is 34.2 Å². The van der Waals surface area contributed by atoms with Crippen LogP contribution in [0.2, 0.25) is 0 Å². The minimum atomic E-state index is -2.38. The van der Waals surface area contributed by atoms with Crippen LogP contribution in [0.3, 0.4) is 0 Å². The van der Waals surface area contributed by atoms with E-state index in [9.17, 15) is 31.5 Å². The van der Waals surface area contributed by atoms with Gasteiger partial charge < -0.3 is 24.0 Å². The number of benzene rings is 2.